The Balaban J connectivity index is 2.21. The van der Waals surface area contributed by atoms with Crippen LogP contribution < -0.4 is 5.32 Å². The van der Waals surface area contributed by atoms with Gasteiger partial charge in [-0.3, -0.25) is 33.3 Å². The molecule has 0 saturated carbocycles. The normalized spacial score (nSPS) is 20.2. The molecule has 1 aliphatic heterocycles. The Morgan fingerprint density at radius 2 is 1.31 bits per heavy atom. The Bertz CT molecular complexity index is 1580. The van der Waals surface area contributed by atoms with Crippen molar-refractivity contribution in [2.45, 2.75) is 90.5 Å². The molecule has 0 unspecified atom stereocenters. The van der Waals surface area contributed by atoms with Gasteiger partial charge in [0.25, 0.3) is 11.7 Å². The van der Waals surface area contributed by atoms with Crippen molar-refractivity contribution in [3.05, 3.63) is 71.8 Å². The summed E-state index contributed by atoms with van der Waals surface area (Å²) in [5, 5.41) is 2.53. The number of carbonyl (C=O) groups excluding carboxylic acids is 7. The van der Waals surface area contributed by atoms with Gasteiger partial charge in [-0.25, -0.2) is 4.79 Å². The molecule has 19 heteroatoms. The van der Waals surface area contributed by atoms with Crippen LogP contribution in [0, 0.1) is 0 Å². The van der Waals surface area contributed by atoms with Crippen LogP contribution in [0.3, 0.4) is 0 Å². The summed E-state index contributed by atoms with van der Waals surface area (Å²) >= 11 is 0. The summed E-state index contributed by atoms with van der Waals surface area (Å²) in [5.74, 6) is -9.15. The van der Waals surface area contributed by atoms with Crippen LogP contribution in [0.4, 0.5) is 0 Å². The van der Waals surface area contributed by atoms with Crippen LogP contribution in [0.25, 0.3) is 0 Å². The third kappa shape index (κ3) is 14.6. The highest BCUT2D eigenvalue weighted by Crippen LogP contribution is 2.50. The van der Waals surface area contributed by atoms with E-state index in [0.29, 0.717) is 11.1 Å². The molecule has 6 atom stereocenters. The van der Waals surface area contributed by atoms with Crippen molar-refractivity contribution < 1.29 is 80.3 Å². The van der Waals surface area contributed by atoms with E-state index in [1.165, 1.54) is 0 Å². The average molecular weight is 794 g/mol. The first kappa shape index (κ1) is 44.4. The van der Waals surface area contributed by atoms with Gasteiger partial charge >= 0.3 is 44.4 Å². The first-order valence-electron chi connectivity index (χ1n) is 16.8. The molecule has 0 radical (unpaired) electrons. The summed E-state index contributed by atoms with van der Waals surface area (Å²) in [6.07, 6.45) is -7.58. The van der Waals surface area contributed by atoms with E-state index < -0.39 is 106 Å². The quantitative estimate of drug-likeness (QED) is 0.123. The summed E-state index contributed by atoms with van der Waals surface area (Å²) < 4.78 is 56.5. The summed E-state index contributed by atoms with van der Waals surface area (Å²) in [5.41, 5.74) is 1.41. The lowest BCUT2D eigenvalue weighted by Gasteiger charge is -2.48. The minimum absolute atomic E-state index is 0.0722. The molecule has 1 N–H and O–H groups in total. The van der Waals surface area contributed by atoms with Crippen molar-refractivity contribution in [2.75, 3.05) is 20.3 Å². The molecule has 0 aromatic heterocycles. The number of hydrogen-bond acceptors (Lipinski definition) is 17. The van der Waals surface area contributed by atoms with Crippen molar-refractivity contribution in [1.82, 2.24) is 5.32 Å². The highest BCUT2D eigenvalue weighted by atomic mass is 31.2. The van der Waals surface area contributed by atoms with Gasteiger partial charge in [-0.15, -0.1) is 0 Å². The lowest BCUT2D eigenvalue weighted by atomic mass is 9.88. The third-order valence-electron chi connectivity index (χ3n) is 7.44. The number of benzene rings is 2. The van der Waals surface area contributed by atoms with Crippen LogP contribution in [0.5, 0.6) is 0 Å². The topological polar surface area (TPSA) is 224 Å². The Morgan fingerprint density at radius 1 is 0.764 bits per heavy atom. The Kier molecular flexibility index (Phi) is 17.6. The van der Waals surface area contributed by atoms with Gasteiger partial charge in [0.15, 0.2) is 18.8 Å². The molecular weight excluding hydrogens is 749 g/mol. The molecule has 0 aliphatic carbocycles. The second-order valence-electron chi connectivity index (χ2n) is 11.9. The highest BCUT2D eigenvalue weighted by molar-refractivity contribution is 7.41. The number of carbonyl (C=O) groups is 7. The fourth-order valence-electron chi connectivity index (χ4n) is 5.27. The Hall–Kier alpha value is -5.00. The number of amides is 1. The zero-order chi connectivity index (χ0) is 40.5. The van der Waals surface area contributed by atoms with Crippen LogP contribution >= 0.6 is 8.60 Å². The summed E-state index contributed by atoms with van der Waals surface area (Å²) in [6, 6.07) is 16.3. The lowest BCUT2D eigenvalue weighted by molar-refractivity contribution is -0.292. The number of ether oxygens (including phenoxy) is 7. The predicted octanol–water partition coefficient (Wildman–Crippen LogP) is 2.73. The Morgan fingerprint density at radius 3 is 1.78 bits per heavy atom. The number of methoxy groups -OCH3 is 1. The van der Waals surface area contributed by atoms with Gasteiger partial charge in [-0.2, -0.15) is 0 Å². The van der Waals surface area contributed by atoms with E-state index in [9.17, 15) is 33.6 Å². The molecule has 2 aromatic carbocycles. The van der Waals surface area contributed by atoms with Gasteiger partial charge in [0, 0.05) is 34.6 Å². The predicted molar refractivity (Wildman–Crippen MR) is 187 cm³/mol. The first-order valence-corrected chi connectivity index (χ1v) is 17.9. The highest BCUT2D eigenvalue weighted by Gasteiger charge is 2.60. The number of hydrogen-bond donors (Lipinski definition) is 1. The number of nitrogens with one attached hydrogen (secondary N) is 1. The second-order valence-corrected chi connectivity index (χ2v) is 13.1. The monoisotopic (exact) mass is 793 g/mol. The average Bonchev–Trinajstić information content (AvgIpc) is 3.13. The van der Waals surface area contributed by atoms with Gasteiger partial charge < -0.3 is 47.5 Å². The minimum atomic E-state index is -2.61. The molecule has 3 rings (SSSR count). The maximum Gasteiger partial charge on any atom is 0.367 e. The molecule has 1 heterocycles. The summed E-state index contributed by atoms with van der Waals surface area (Å²) in [4.78, 5) is 88.1. The summed E-state index contributed by atoms with van der Waals surface area (Å²) in [7, 11) is -1.56. The number of rotatable bonds is 19. The van der Waals surface area contributed by atoms with Gasteiger partial charge in [0.1, 0.15) is 18.8 Å². The van der Waals surface area contributed by atoms with Crippen LogP contribution in [0.2, 0.25) is 0 Å². The molecule has 1 saturated heterocycles. The molecule has 1 fully saturated rings. The standard InChI is InChI=1S/C36H44NO17P/c1-22(38)46-20-30(51-25(4)41)33(52-26(5)42)34-32(37-31(43)21-47-23(2)39)29(50-24(3)40)17-36(53-34,35(44)45-6)54-55(48-18-27-13-9-7-10-14-27)49-19-28-15-11-8-12-16-28/h7-16,29-30,32-34H,17-21H2,1-6H3,(H,37,43)/t29-,30+,32+,33+,34+,36+/m0/s1. The zero-order valence-electron chi connectivity index (χ0n) is 31.1. The van der Waals surface area contributed by atoms with Crippen molar-refractivity contribution in [3.8, 4) is 0 Å². The van der Waals surface area contributed by atoms with Gasteiger partial charge in [-0.1, -0.05) is 60.7 Å². The van der Waals surface area contributed by atoms with E-state index in [1.54, 1.807) is 60.7 Å². The maximum atomic E-state index is 13.9. The number of esters is 6. The molecule has 55 heavy (non-hydrogen) atoms. The molecule has 0 bridgehead atoms. The van der Waals surface area contributed by atoms with E-state index >= 15 is 0 Å². The summed E-state index contributed by atoms with van der Waals surface area (Å²) in [6.45, 7) is 3.55. The third-order valence-corrected chi connectivity index (χ3v) is 8.56. The molecule has 18 nitrogen and oxygen atoms in total. The van der Waals surface area contributed by atoms with Crippen molar-refractivity contribution in [2.24, 2.45) is 0 Å². The largest absolute Gasteiger partial charge is 0.465 e. The van der Waals surface area contributed by atoms with E-state index in [0.717, 1.165) is 41.7 Å². The molecule has 0 spiro atoms. The fraction of sp³-hybridized carbons (Fsp3) is 0.472. The minimum Gasteiger partial charge on any atom is -0.465 e. The maximum absolute atomic E-state index is 13.9. The van der Waals surface area contributed by atoms with Crippen molar-refractivity contribution >= 4 is 50.3 Å². The lowest BCUT2D eigenvalue weighted by Crippen LogP contribution is -2.69. The van der Waals surface area contributed by atoms with E-state index in [-0.39, 0.29) is 13.2 Å². The fourth-order valence-corrected chi connectivity index (χ4v) is 6.39. The zero-order valence-corrected chi connectivity index (χ0v) is 32.0. The van der Waals surface area contributed by atoms with Gasteiger partial charge in [-0.05, 0) is 11.1 Å². The van der Waals surface area contributed by atoms with Gasteiger partial charge in [0.05, 0.1) is 32.8 Å². The van der Waals surface area contributed by atoms with Crippen molar-refractivity contribution in [1.29, 1.82) is 0 Å². The van der Waals surface area contributed by atoms with E-state index in [4.69, 9.17) is 46.7 Å². The van der Waals surface area contributed by atoms with Gasteiger partial charge in [0.2, 0.25) is 0 Å². The Labute approximate surface area is 318 Å². The first-order chi connectivity index (χ1) is 26.1. The molecular formula is C36H44NO17P. The van der Waals surface area contributed by atoms with Crippen molar-refractivity contribution in [3.63, 3.8) is 0 Å². The van der Waals surface area contributed by atoms with Crippen LogP contribution in [-0.2, 0) is 93.5 Å². The SMILES string of the molecule is COC(=O)[C@]1(OP(OCc2ccccc2)OCc2ccccc2)C[C@H](OC(C)=O)[C@@H](NC(=O)COC(C)=O)[C@H]([C@H](OC(C)=O)[C@@H](COC(C)=O)OC(C)=O)O1. The molecule has 300 valence electrons. The second kappa shape index (κ2) is 21.8. The van der Waals surface area contributed by atoms with Crippen LogP contribution in [0.1, 0.15) is 52.2 Å². The van der Waals surface area contributed by atoms with Crippen LogP contribution in [0.15, 0.2) is 60.7 Å². The van der Waals surface area contributed by atoms with Crippen LogP contribution in [-0.4, -0.2) is 98.3 Å². The van der Waals surface area contributed by atoms with E-state index in [1.807, 2.05) is 0 Å². The molecule has 2 aromatic rings. The smallest absolute Gasteiger partial charge is 0.367 e. The van der Waals surface area contributed by atoms with E-state index in [2.05, 4.69) is 5.32 Å². The molecule has 1 amide bonds. The molecule has 1 aliphatic rings.